The van der Waals surface area contributed by atoms with Crippen LogP contribution in [0.15, 0.2) is 66.4 Å². The summed E-state index contributed by atoms with van der Waals surface area (Å²) >= 11 is 30.4. The molecule has 1 saturated heterocycles. The maximum absolute atomic E-state index is 13.4. The number of hydrogen-bond acceptors (Lipinski definition) is 5. The molecule has 0 atom stereocenters. The van der Waals surface area contributed by atoms with Gasteiger partial charge in [0.15, 0.2) is 10.9 Å². The minimum absolute atomic E-state index is 0.115. The van der Waals surface area contributed by atoms with Gasteiger partial charge in [0.2, 0.25) is 0 Å². The van der Waals surface area contributed by atoms with E-state index in [2.05, 4.69) is 0 Å². The Hall–Kier alpha value is -2.81. The largest absolute Gasteiger partial charge is 0.486 e. The number of halogens is 4. The zero-order valence-electron chi connectivity index (χ0n) is 19.2. The van der Waals surface area contributed by atoms with Gasteiger partial charge in [-0.2, -0.15) is 0 Å². The SMILES string of the molecule is COC(=O)CN1C(=S)N(c2ccc(Cl)cc2)C(=O)/C1=C/c1cc(Cl)c(OCc2ccc(Cl)cc2)c(Cl)c1. The fourth-order valence-electron chi connectivity index (χ4n) is 3.54. The van der Waals surface area contributed by atoms with E-state index in [1.165, 1.54) is 16.9 Å². The summed E-state index contributed by atoms with van der Waals surface area (Å²) < 4.78 is 10.6. The van der Waals surface area contributed by atoms with Gasteiger partial charge < -0.3 is 14.4 Å². The van der Waals surface area contributed by atoms with Crippen LogP contribution in [0.1, 0.15) is 11.1 Å². The lowest BCUT2D eigenvalue weighted by atomic mass is 10.1. The van der Waals surface area contributed by atoms with E-state index in [1.54, 1.807) is 54.6 Å². The number of benzene rings is 3. The second-order valence-electron chi connectivity index (χ2n) is 7.82. The summed E-state index contributed by atoms with van der Waals surface area (Å²) in [5.74, 6) is -0.713. The van der Waals surface area contributed by atoms with Crippen molar-refractivity contribution in [3.8, 4) is 5.75 Å². The van der Waals surface area contributed by atoms with Gasteiger partial charge in [0.1, 0.15) is 18.8 Å². The molecule has 1 amide bonds. The van der Waals surface area contributed by atoms with Crippen LogP contribution in [0.25, 0.3) is 6.08 Å². The van der Waals surface area contributed by atoms with E-state index in [1.807, 2.05) is 12.1 Å². The van der Waals surface area contributed by atoms with Crippen molar-refractivity contribution in [3.63, 3.8) is 0 Å². The summed E-state index contributed by atoms with van der Waals surface area (Å²) in [6.45, 7) is -0.0342. The van der Waals surface area contributed by atoms with Crippen molar-refractivity contribution in [1.82, 2.24) is 4.90 Å². The average Bonchev–Trinajstić information content (AvgIpc) is 3.09. The van der Waals surface area contributed by atoms with Gasteiger partial charge >= 0.3 is 5.97 Å². The van der Waals surface area contributed by atoms with Gasteiger partial charge in [-0.25, -0.2) is 0 Å². The van der Waals surface area contributed by atoms with Crippen LogP contribution in [0.4, 0.5) is 5.69 Å². The first-order valence-electron chi connectivity index (χ1n) is 10.7. The van der Waals surface area contributed by atoms with E-state index < -0.39 is 11.9 Å². The second-order valence-corrected chi connectivity index (χ2v) is 9.87. The summed E-state index contributed by atoms with van der Waals surface area (Å²) in [6, 6.07) is 17.0. The molecule has 4 rings (SSSR count). The highest BCUT2D eigenvalue weighted by Gasteiger charge is 2.40. The Morgan fingerprint density at radius 2 is 1.51 bits per heavy atom. The molecule has 0 spiro atoms. The molecule has 0 saturated carbocycles. The predicted octanol–water partition coefficient (Wildman–Crippen LogP) is 7.03. The monoisotopic (exact) mass is 594 g/mol. The Bertz CT molecular complexity index is 1370. The number of nitrogens with zero attached hydrogens (tertiary/aromatic N) is 2. The van der Waals surface area contributed by atoms with Crippen LogP contribution in [0, 0.1) is 0 Å². The van der Waals surface area contributed by atoms with Crippen LogP contribution in [0.5, 0.6) is 5.75 Å². The molecule has 37 heavy (non-hydrogen) atoms. The zero-order valence-corrected chi connectivity index (χ0v) is 23.1. The fraction of sp³-hybridized carbons (Fsp3) is 0.115. The molecule has 0 radical (unpaired) electrons. The van der Waals surface area contributed by atoms with Crippen molar-refractivity contribution in [2.24, 2.45) is 0 Å². The average molecular weight is 596 g/mol. The molecule has 11 heteroatoms. The molecule has 1 aliphatic heterocycles. The van der Waals surface area contributed by atoms with E-state index in [9.17, 15) is 9.59 Å². The molecular formula is C26H18Cl4N2O4S. The lowest BCUT2D eigenvalue weighted by molar-refractivity contribution is -0.140. The minimum Gasteiger partial charge on any atom is -0.486 e. The molecule has 0 aliphatic carbocycles. The van der Waals surface area contributed by atoms with E-state index in [0.717, 1.165) is 5.56 Å². The number of carbonyl (C=O) groups excluding carboxylic acids is 2. The van der Waals surface area contributed by atoms with Gasteiger partial charge in [-0.3, -0.25) is 14.5 Å². The van der Waals surface area contributed by atoms with E-state index >= 15 is 0 Å². The van der Waals surface area contributed by atoms with Gasteiger partial charge in [0.05, 0.1) is 22.8 Å². The molecule has 1 fully saturated rings. The molecular weight excluding hydrogens is 578 g/mol. The van der Waals surface area contributed by atoms with Crippen LogP contribution < -0.4 is 9.64 Å². The number of thiocarbonyl (C=S) groups is 1. The second kappa shape index (κ2) is 11.7. The Balaban J connectivity index is 1.65. The van der Waals surface area contributed by atoms with E-state index in [0.29, 0.717) is 27.0 Å². The van der Waals surface area contributed by atoms with Crippen molar-refractivity contribution >= 4 is 87.4 Å². The normalized spacial score (nSPS) is 14.5. The lowest BCUT2D eigenvalue weighted by Gasteiger charge is -2.19. The Morgan fingerprint density at radius 1 is 0.946 bits per heavy atom. The molecule has 0 unspecified atom stereocenters. The maximum Gasteiger partial charge on any atom is 0.325 e. The summed E-state index contributed by atoms with van der Waals surface area (Å²) in [4.78, 5) is 28.3. The molecule has 6 nitrogen and oxygen atoms in total. The van der Waals surface area contributed by atoms with Gasteiger partial charge in [-0.05, 0) is 78.0 Å². The fourth-order valence-corrected chi connectivity index (χ4v) is 4.76. The van der Waals surface area contributed by atoms with Crippen LogP contribution >= 0.6 is 58.6 Å². The number of amides is 1. The molecule has 1 heterocycles. The van der Waals surface area contributed by atoms with E-state index in [4.69, 9.17) is 68.1 Å². The standard InChI is InChI=1S/C26H18Cl4N2O4S/c1-35-23(33)13-31-22(25(34)32(26(31)37)19-8-6-18(28)7-9-19)12-16-10-20(29)24(21(30)11-16)36-14-15-2-4-17(27)5-3-15/h2-12H,13-14H2,1H3/b22-12-. The van der Waals surface area contributed by atoms with Gasteiger partial charge in [-0.1, -0.05) is 58.5 Å². The third-order valence-corrected chi connectivity index (χ3v) is 6.82. The van der Waals surface area contributed by atoms with Crippen molar-refractivity contribution < 1.29 is 19.1 Å². The first-order chi connectivity index (χ1) is 17.7. The minimum atomic E-state index is -0.569. The number of ether oxygens (including phenoxy) is 2. The quantitative estimate of drug-likeness (QED) is 0.166. The van der Waals surface area contributed by atoms with Crippen LogP contribution in [0.2, 0.25) is 20.1 Å². The number of rotatable bonds is 7. The molecule has 190 valence electrons. The zero-order chi connectivity index (χ0) is 26.7. The van der Waals surface area contributed by atoms with Gasteiger partial charge in [-0.15, -0.1) is 0 Å². The van der Waals surface area contributed by atoms with Crippen LogP contribution in [-0.2, 0) is 20.9 Å². The maximum atomic E-state index is 13.4. The highest BCUT2D eigenvalue weighted by molar-refractivity contribution is 7.80. The van der Waals surface area contributed by atoms with Gasteiger partial charge in [0.25, 0.3) is 5.91 Å². The highest BCUT2D eigenvalue weighted by atomic mass is 35.5. The Labute approximate surface area is 238 Å². The van der Waals surface area contributed by atoms with Crippen molar-refractivity contribution in [2.75, 3.05) is 18.6 Å². The Kier molecular flexibility index (Phi) is 8.62. The third-order valence-electron chi connectivity index (χ3n) is 5.36. The number of methoxy groups -OCH3 is 1. The van der Waals surface area contributed by atoms with Crippen molar-refractivity contribution in [1.29, 1.82) is 0 Å². The molecule has 0 aromatic heterocycles. The highest BCUT2D eigenvalue weighted by Crippen LogP contribution is 2.37. The number of hydrogen-bond donors (Lipinski definition) is 0. The van der Waals surface area contributed by atoms with Gasteiger partial charge in [0, 0.05) is 10.0 Å². The van der Waals surface area contributed by atoms with Crippen molar-refractivity contribution in [2.45, 2.75) is 6.61 Å². The summed E-state index contributed by atoms with van der Waals surface area (Å²) in [7, 11) is 1.26. The first-order valence-corrected chi connectivity index (χ1v) is 12.7. The van der Waals surface area contributed by atoms with Crippen LogP contribution in [0.3, 0.4) is 0 Å². The summed E-state index contributed by atoms with van der Waals surface area (Å²) in [6.07, 6.45) is 1.55. The summed E-state index contributed by atoms with van der Waals surface area (Å²) in [5.41, 5.74) is 2.04. The molecule has 0 bridgehead atoms. The lowest BCUT2D eigenvalue weighted by Crippen LogP contribution is -2.35. The molecule has 3 aromatic carbocycles. The van der Waals surface area contributed by atoms with Crippen molar-refractivity contribution in [3.05, 3.63) is 97.6 Å². The predicted molar refractivity (Wildman–Crippen MR) is 150 cm³/mol. The topological polar surface area (TPSA) is 59.1 Å². The number of esters is 1. The number of anilines is 1. The molecule has 0 N–H and O–H groups in total. The Morgan fingerprint density at radius 3 is 2.08 bits per heavy atom. The molecule has 3 aromatic rings. The summed E-state index contributed by atoms with van der Waals surface area (Å²) in [5, 5.41) is 1.73. The smallest absolute Gasteiger partial charge is 0.325 e. The van der Waals surface area contributed by atoms with E-state index in [-0.39, 0.29) is 34.0 Å². The van der Waals surface area contributed by atoms with Crippen LogP contribution in [-0.4, -0.2) is 35.5 Å². The first kappa shape index (κ1) is 27.2. The third kappa shape index (κ3) is 6.20. The molecule has 1 aliphatic rings. The number of carbonyl (C=O) groups is 2.